The summed E-state index contributed by atoms with van der Waals surface area (Å²) in [5, 5.41) is 23.8. The molecule has 0 bridgehead atoms. The Balaban J connectivity index is 1.69. The van der Waals surface area contributed by atoms with Gasteiger partial charge in [-0.25, -0.2) is 5.01 Å². The molecule has 1 saturated heterocycles. The number of nitro groups is 2. The molecule has 1 heterocycles. The van der Waals surface area contributed by atoms with Crippen LogP contribution in [-0.2, 0) is 16.1 Å². The lowest BCUT2D eigenvalue weighted by atomic mass is 9.82. The fraction of sp³-hybridized carbons (Fsp3) is 0.261. The summed E-state index contributed by atoms with van der Waals surface area (Å²) in [5.41, 5.74) is 1.16. The van der Waals surface area contributed by atoms with Crippen LogP contribution in [-0.4, -0.2) is 37.6 Å². The second kappa shape index (κ2) is 8.85. The number of rotatable bonds is 6. The fourth-order valence-electron chi connectivity index (χ4n) is 4.26. The Morgan fingerprint density at radius 3 is 2.03 bits per heavy atom. The molecule has 0 unspecified atom stereocenters. The molecule has 11 heteroatoms. The Labute approximate surface area is 193 Å². The van der Waals surface area contributed by atoms with Gasteiger partial charge in [-0.1, -0.05) is 23.8 Å². The summed E-state index contributed by atoms with van der Waals surface area (Å²) in [6.45, 7) is 1.68. The SMILES string of the molecule is CC1=CC[C@H]2C(=O)N(N(Cc3ccc([N+](=O)[O-])cc3)C(=O)c3ccc([N+](=O)[O-])cc3)C(=O)[C@@H]2C1. The maximum Gasteiger partial charge on any atom is 0.273 e. The topological polar surface area (TPSA) is 144 Å². The lowest BCUT2D eigenvalue weighted by Gasteiger charge is -2.30. The molecule has 174 valence electrons. The molecule has 34 heavy (non-hydrogen) atoms. The van der Waals surface area contributed by atoms with Crippen LogP contribution in [0.25, 0.3) is 0 Å². The molecular formula is C23H20N4O7. The van der Waals surface area contributed by atoms with Gasteiger partial charge in [0.1, 0.15) is 0 Å². The molecule has 1 aliphatic carbocycles. The van der Waals surface area contributed by atoms with E-state index in [0.717, 1.165) is 27.7 Å². The average molecular weight is 464 g/mol. The highest BCUT2D eigenvalue weighted by Crippen LogP contribution is 2.39. The number of hydrogen-bond acceptors (Lipinski definition) is 7. The molecule has 0 spiro atoms. The van der Waals surface area contributed by atoms with Gasteiger partial charge in [-0.15, -0.1) is 0 Å². The van der Waals surface area contributed by atoms with Crippen LogP contribution in [0, 0.1) is 32.1 Å². The van der Waals surface area contributed by atoms with E-state index in [1.54, 1.807) is 0 Å². The van der Waals surface area contributed by atoms with Crippen molar-refractivity contribution in [1.82, 2.24) is 10.0 Å². The molecule has 2 aromatic rings. The van der Waals surface area contributed by atoms with Gasteiger partial charge >= 0.3 is 0 Å². The molecule has 4 rings (SSSR count). The van der Waals surface area contributed by atoms with Gasteiger partial charge in [-0.3, -0.25) is 34.6 Å². The molecule has 0 N–H and O–H groups in total. The predicted molar refractivity (Wildman–Crippen MR) is 118 cm³/mol. The maximum atomic E-state index is 13.4. The van der Waals surface area contributed by atoms with Gasteiger partial charge in [0.2, 0.25) is 0 Å². The number of hydrazine groups is 1. The van der Waals surface area contributed by atoms with Crippen LogP contribution < -0.4 is 0 Å². The highest BCUT2D eigenvalue weighted by atomic mass is 16.6. The van der Waals surface area contributed by atoms with Crippen molar-refractivity contribution in [2.45, 2.75) is 26.3 Å². The zero-order chi connectivity index (χ0) is 24.6. The van der Waals surface area contributed by atoms with Crippen molar-refractivity contribution in [2.75, 3.05) is 0 Å². The number of benzene rings is 2. The third-order valence-electron chi connectivity index (χ3n) is 6.08. The number of non-ortho nitro benzene ring substituents is 2. The summed E-state index contributed by atoms with van der Waals surface area (Å²) in [7, 11) is 0. The van der Waals surface area contributed by atoms with E-state index in [0.29, 0.717) is 18.4 Å². The van der Waals surface area contributed by atoms with Gasteiger partial charge in [0.05, 0.1) is 28.2 Å². The van der Waals surface area contributed by atoms with Crippen molar-refractivity contribution in [3.8, 4) is 0 Å². The summed E-state index contributed by atoms with van der Waals surface area (Å²) in [6, 6.07) is 10.3. The van der Waals surface area contributed by atoms with Gasteiger partial charge in [-0.05, 0) is 37.5 Å². The van der Waals surface area contributed by atoms with E-state index in [1.165, 1.54) is 36.4 Å². The van der Waals surface area contributed by atoms with Crippen molar-refractivity contribution in [3.63, 3.8) is 0 Å². The molecule has 0 radical (unpaired) electrons. The number of nitrogens with zero attached hydrogens (tertiary/aromatic N) is 4. The van der Waals surface area contributed by atoms with Crippen LogP contribution in [0.1, 0.15) is 35.7 Å². The van der Waals surface area contributed by atoms with Crippen LogP contribution in [0.3, 0.4) is 0 Å². The Hall–Kier alpha value is -4.41. The number of amides is 3. The van der Waals surface area contributed by atoms with E-state index in [4.69, 9.17) is 0 Å². The second-order valence-electron chi connectivity index (χ2n) is 8.28. The number of imide groups is 1. The van der Waals surface area contributed by atoms with E-state index >= 15 is 0 Å². The van der Waals surface area contributed by atoms with E-state index in [1.807, 2.05) is 13.0 Å². The molecule has 0 saturated carbocycles. The van der Waals surface area contributed by atoms with Gasteiger partial charge in [0, 0.05) is 29.8 Å². The van der Waals surface area contributed by atoms with E-state index < -0.39 is 39.4 Å². The lowest BCUT2D eigenvalue weighted by Crippen LogP contribution is -2.49. The zero-order valence-electron chi connectivity index (χ0n) is 18.1. The highest BCUT2D eigenvalue weighted by Gasteiger charge is 2.51. The van der Waals surface area contributed by atoms with Crippen molar-refractivity contribution < 1.29 is 24.2 Å². The fourth-order valence-corrected chi connectivity index (χ4v) is 4.26. The van der Waals surface area contributed by atoms with Gasteiger partial charge in [0.15, 0.2) is 0 Å². The number of allylic oxidation sites excluding steroid dienone is 2. The normalized spacial score (nSPS) is 19.4. The first-order valence-corrected chi connectivity index (χ1v) is 10.5. The summed E-state index contributed by atoms with van der Waals surface area (Å²) in [5.74, 6) is -2.81. The lowest BCUT2D eigenvalue weighted by molar-refractivity contribution is -0.385. The quantitative estimate of drug-likeness (QED) is 0.276. The first-order chi connectivity index (χ1) is 16.2. The third-order valence-corrected chi connectivity index (χ3v) is 6.08. The monoisotopic (exact) mass is 464 g/mol. The van der Waals surface area contributed by atoms with Crippen molar-refractivity contribution in [2.24, 2.45) is 11.8 Å². The predicted octanol–water partition coefficient (Wildman–Crippen LogP) is 3.40. The Bertz CT molecular complexity index is 1220. The Kier molecular flexibility index (Phi) is 5.93. The Morgan fingerprint density at radius 1 is 0.941 bits per heavy atom. The van der Waals surface area contributed by atoms with Crippen LogP contribution in [0.4, 0.5) is 11.4 Å². The van der Waals surface area contributed by atoms with Gasteiger partial charge < -0.3 is 0 Å². The van der Waals surface area contributed by atoms with E-state index in [2.05, 4.69) is 0 Å². The minimum atomic E-state index is -0.696. The van der Waals surface area contributed by atoms with Crippen LogP contribution in [0.5, 0.6) is 0 Å². The number of nitro benzene ring substituents is 2. The average Bonchev–Trinajstić information content (AvgIpc) is 3.06. The van der Waals surface area contributed by atoms with Crippen LogP contribution in [0.2, 0.25) is 0 Å². The molecule has 1 aliphatic heterocycles. The molecule has 3 amide bonds. The standard InChI is InChI=1S/C23H20N4O7/c1-14-2-11-19-20(12-14)23(30)25(22(19)29)24(13-15-3-7-17(8-4-15)26(31)32)21(28)16-5-9-18(10-6-16)27(33)34/h2-10,19-20H,11-13H2,1H3/t19-,20-/m1/s1. The van der Waals surface area contributed by atoms with Crippen LogP contribution in [0.15, 0.2) is 60.2 Å². The number of carbonyl (C=O) groups is 3. The van der Waals surface area contributed by atoms with E-state index in [-0.39, 0.29) is 23.5 Å². The minimum Gasteiger partial charge on any atom is -0.272 e. The third kappa shape index (κ3) is 4.15. The molecule has 11 nitrogen and oxygen atoms in total. The highest BCUT2D eigenvalue weighted by molar-refractivity contribution is 6.08. The number of hydrogen-bond donors (Lipinski definition) is 0. The second-order valence-corrected chi connectivity index (χ2v) is 8.28. The van der Waals surface area contributed by atoms with Crippen molar-refractivity contribution in [1.29, 1.82) is 0 Å². The number of carbonyl (C=O) groups excluding carboxylic acids is 3. The summed E-state index contributed by atoms with van der Waals surface area (Å²) >= 11 is 0. The first kappa shape index (κ1) is 22.8. The molecule has 2 aliphatic rings. The smallest absolute Gasteiger partial charge is 0.272 e. The van der Waals surface area contributed by atoms with Crippen molar-refractivity contribution in [3.05, 3.63) is 91.5 Å². The summed E-state index contributed by atoms with van der Waals surface area (Å²) in [4.78, 5) is 60.7. The molecule has 2 aromatic carbocycles. The Morgan fingerprint density at radius 2 is 1.47 bits per heavy atom. The summed E-state index contributed by atoms with van der Waals surface area (Å²) < 4.78 is 0. The first-order valence-electron chi connectivity index (χ1n) is 10.5. The van der Waals surface area contributed by atoms with Crippen LogP contribution >= 0.6 is 0 Å². The number of fused-ring (bicyclic) bond motifs is 1. The minimum absolute atomic E-state index is 0.0530. The summed E-state index contributed by atoms with van der Waals surface area (Å²) in [6.07, 6.45) is 2.73. The maximum absolute atomic E-state index is 13.4. The van der Waals surface area contributed by atoms with E-state index in [9.17, 15) is 34.6 Å². The zero-order valence-corrected chi connectivity index (χ0v) is 18.1. The largest absolute Gasteiger partial charge is 0.273 e. The van der Waals surface area contributed by atoms with Gasteiger partial charge in [-0.2, -0.15) is 5.01 Å². The molecular weight excluding hydrogens is 444 g/mol. The molecule has 0 aromatic heterocycles. The molecule has 2 atom stereocenters. The van der Waals surface area contributed by atoms with Gasteiger partial charge in [0.25, 0.3) is 29.1 Å². The van der Waals surface area contributed by atoms with Crippen molar-refractivity contribution >= 4 is 29.1 Å². The molecule has 1 fully saturated rings.